The van der Waals surface area contributed by atoms with Gasteiger partial charge in [0.15, 0.2) is 9.84 Å². The number of benzene rings is 2. The Kier molecular flexibility index (Phi) is 4.85. The molecule has 7 nitrogen and oxygen atoms in total. The lowest BCUT2D eigenvalue weighted by atomic mass is 10.2. The number of para-hydroxylation sites is 1. The summed E-state index contributed by atoms with van der Waals surface area (Å²) in [5.41, 5.74) is 0.230. The Morgan fingerprint density at radius 3 is 2.35 bits per heavy atom. The van der Waals surface area contributed by atoms with Gasteiger partial charge in [-0.1, -0.05) is 6.07 Å². The zero-order valence-corrected chi connectivity index (χ0v) is 13.5. The van der Waals surface area contributed by atoms with Crippen molar-refractivity contribution in [3.63, 3.8) is 0 Å². The molecular weight excluding hydrogens is 320 g/mol. The first-order chi connectivity index (χ1) is 10.8. The van der Waals surface area contributed by atoms with E-state index in [2.05, 4.69) is 5.32 Å². The summed E-state index contributed by atoms with van der Waals surface area (Å²) in [7, 11) is -3.71. The van der Waals surface area contributed by atoms with Crippen molar-refractivity contribution in [2.45, 2.75) is 11.8 Å². The predicted molar refractivity (Wildman–Crippen MR) is 87.1 cm³/mol. The van der Waals surface area contributed by atoms with Crippen LogP contribution in [0.2, 0.25) is 0 Å². The summed E-state index contributed by atoms with van der Waals surface area (Å²) >= 11 is 0. The quantitative estimate of drug-likeness (QED) is 0.643. The maximum atomic E-state index is 11.7. The molecule has 8 heteroatoms. The van der Waals surface area contributed by atoms with Crippen LogP contribution in [0.5, 0.6) is 5.75 Å². The number of rotatable bonds is 6. The lowest BCUT2D eigenvalue weighted by Crippen LogP contribution is -2.05. The van der Waals surface area contributed by atoms with Crippen molar-refractivity contribution < 1.29 is 18.1 Å². The minimum Gasteiger partial charge on any atom is -0.494 e. The summed E-state index contributed by atoms with van der Waals surface area (Å²) in [6.07, 6.45) is 0.940. The summed E-state index contributed by atoms with van der Waals surface area (Å²) in [5.74, 6) is 0.678. The van der Waals surface area contributed by atoms with E-state index in [9.17, 15) is 18.5 Å². The lowest BCUT2D eigenvalue weighted by Gasteiger charge is -2.10. The van der Waals surface area contributed by atoms with Gasteiger partial charge in [-0.05, 0) is 43.3 Å². The maximum Gasteiger partial charge on any atom is 0.311 e. The molecule has 122 valence electrons. The second-order valence-corrected chi connectivity index (χ2v) is 6.75. The van der Waals surface area contributed by atoms with E-state index in [0.29, 0.717) is 18.0 Å². The molecule has 0 aliphatic rings. The van der Waals surface area contributed by atoms with Gasteiger partial charge in [-0.15, -0.1) is 0 Å². The highest BCUT2D eigenvalue weighted by atomic mass is 32.2. The van der Waals surface area contributed by atoms with Crippen LogP contribution in [-0.4, -0.2) is 26.2 Å². The molecule has 0 heterocycles. The molecule has 0 saturated heterocycles. The zero-order valence-electron chi connectivity index (χ0n) is 12.6. The van der Waals surface area contributed by atoms with Crippen LogP contribution >= 0.6 is 0 Å². The van der Waals surface area contributed by atoms with Crippen LogP contribution < -0.4 is 10.1 Å². The van der Waals surface area contributed by atoms with Gasteiger partial charge < -0.3 is 10.1 Å². The van der Waals surface area contributed by atoms with Gasteiger partial charge in [0.25, 0.3) is 0 Å². The van der Waals surface area contributed by atoms with Crippen molar-refractivity contribution >= 4 is 26.9 Å². The monoisotopic (exact) mass is 336 g/mol. The fourth-order valence-corrected chi connectivity index (χ4v) is 2.93. The Hall–Kier alpha value is -2.61. The summed E-state index contributed by atoms with van der Waals surface area (Å²) in [6, 6.07) is 11.0. The van der Waals surface area contributed by atoms with E-state index < -0.39 is 20.4 Å². The number of nitro groups is 1. The Balaban J connectivity index is 2.42. The maximum absolute atomic E-state index is 11.7. The van der Waals surface area contributed by atoms with Crippen LogP contribution in [0.25, 0.3) is 0 Å². The third-order valence-electron chi connectivity index (χ3n) is 3.03. The lowest BCUT2D eigenvalue weighted by molar-refractivity contribution is -0.386. The van der Waals surface area contributed by atoms with E-state index in [0.717, 1.165) is 6.26 Å². The molecule has 2 aromatic carbocycles. The Bertz CT molecular complexity index is 816. The second-order valence-electron chi connectivity index (χ2n) is 4.76. The van der Waals surface area contributed by atoms with Crippen molar-refractivity contribution in [3.05, 3.63) is 52.6 Å². The smallest absolute Gasteiger partial charge is 0.311 e. The Morgan fingerprint density at radius 2 is 1.83 bits per heavy atom. The molecule has 0 fully saturated rings. The standard InChI is InChI=1S/C15H16N2O5S/c1-3-22-12-9-7-11(8-10-12)16-13-5-4-6-14(23(2,20)21)15(13)17(18)19/h4-10,16H,3H2,1-2H3. The SMILES string of the molecule is CCOc1ccc(Nc2cccc(S(C)(=O)=O)c2[N+](=O)[O-])cc1. The summed E-state index contributed by atoms with van der Waals surface area (Å²) < 4.78 is 28.8. The predicted octanol–water partition coefficient (Wildman–Crippen LogP) is 3.14. The molecule has 0 aliphatic heterocycles. The second kappa shape index (κ2) is 6.66. The van der Waals surface area contributed by atoms with E-state index in [1.807, 2.05) is 6.92 Å². The van der Waals surface area contributed by atoms with Crippen molar-refractivity contribution in [2.24, 2.45) is 0 Å². The molecule has 0 atom stereocenters. The highest BCUT2D eigenvalue weighted by molar-refractivity contribution is 7.90. The number of hydrogen-bond donors (Lipinski definition) is 1. The number of ether oxygens (including phenoxy) is 1. The van der Waals surface area contributed by atoms with E-state index in [1.54, 1.807) is 24.3 Å². The largest absolute Gasteiger partial charge is 0.494 e. The number of sulfone groups is 1. The highest BCUT2D eigenvalue weighted by Gasteiger charge is 2.26. The first kappa shape index (κ1) is 16.8. The van der Waals surface area contributed by atoms with Gasteiger partial charge in [-0.2, -0.15) is 0 Å². The van der Waals surface area contributed by atoms with Gasteiger partial charge in [-0.25, -0.2) is 8.42 Å². The van der Waals surface area contributed by atoms with Crippen LogP contribution in [-0.2, 0) is 9.84 Å². The van der Waals surface area contributed by atoms with Gasteiger partial charge in [0.2, 0.25) is 0 Å². The van der Waals surface area contributed by atoms with Crippen LogP contribution in [0.4, 0.5) is 17.1 Å². The average molecular weight is 336 g/mol. The molecule has 2 aromatic rings. The summed E-state index contributed by atoms with van der Waals surface area (Å²) in [6.45, 7) is 2.40. The van der Waals surface area contributed by atoms with E-state index in [4.69, 9.17) is 4.74 Å². The van der Waals surface area contributed by atoms with Gasteiger partial charge in [0.1, 0.15) is 16.3 Å². The Morgan fingerprint density at radius 1 is 1.17 bits per heavy atom. The highest BCUT2D eigenvalue weighted by Crippen LogP contribution is 2.34. The van der Waals surface area contributed by atoms with E-state index >= 15 is 0 Å². The van der Waals surface area contributed by atoms with Crippen molar-refractivity contribution in [1.29, 1.82) is 0 Å². The van der Waals surface area contributed by atoms with Gasteiger partial charge in [-0.3, -0.25) is 10.1 Å². The fourth-order valence-electron chi connectivity index (χ4n) is 2.07. The topological polar surface area (TPSA) is 98.5 Å². The van der Waals surface area contributed by atoms with Crippen LogP contribution in [0.3, 0.4) is 0 Å². The number of nitro benzene ring substituents is 1. The van der Waals surface area contributed by atoms with Gasteiger partial charge >= 0.3 is 5.69 Å². The third kappa shape index (κ3) is 3.98. The molecule has 0 aliphatic carbocycles. The zero-order chi connectivity index (χ0) is 17.0. The first-order valence-corrected chi connectivity index (χ1v) is 8.69. The minimum absolute atomic E-state index is 0.113. The minimum atomic E-state index is -3.71. The molecule has 2 rings (SSSR count). The molecule has 0 bridgehead atoms. The normalized spacial score (nSPS) is 11.0. The van der Waals surface area contributed by atoms with Crippen LogP contribution in [0, 0.1) is 10.1 Å². The Labute approximate surface area is 134 Å². The summed E-state index contributed by atoms with van der Waals surface area (Å²) in [4.78, 5) is 10.3. The molecule has 1 N–H and O–H groups in total. The van der Waals surface area contributed by atoms with Crippen molar-refractivity contribution in [2.75, 3.05) is 18.2 Å². The molecule has 23 heavy (non-hydrogen) atoms. The van der Waals surface area contributed by atoms with Crippen LogP contribution in [0.1, 0.15) is 6.92 Å². The van der Waals surface area contributed by atoms with E-state index in [1.165, 1.54) is 18.2 Å². The van der Waals surface area contributed by atoms with Gasteiger partial charge in [0, 0.05) is 11.9 Å². The molecular formula is C15H16N2O5S. The fraction of sp³-hybridized carbons (Fsp3) is 0.200. The molecule has 0 spiro atoms. The first-order valence-electron chi connectivity index (χ1n) is 6.80. The molecule has 0 amide bonds. The molecule has 0 unspecified atom stereocenters. The average Bonchev–Trinajstić information content (AvgIpc) is 2.48. The van der Waals surface area contributed by atoms with E-state index in [-0.39, 0.29) is 10.6 Å². The summed E-state index contributed by atoms with van der Waals surface area (Å²) in [5, 5.41) is 14.2. The van der Waals surface area contributed by atoms with Crippen molar-refractivity contribution in [3.8, 4) is 5.75 Å². The van der Waals surface area contributed by atoms with Crippen LogP contribution in [0.15, 0.2) is 47.4 Å². The van der Waals surface area contributed by atoms with Gasteiger partial charge in [0.05, 0.1) is 11.5 Å². The molecule has 0 radical (unpaired) electrons. The number of nitrogens with zero attached hydrogens (tertiary/aromatic N) is 1. The molecule has 0 saturated carbocycles. The number of anilines is 2. The third-order valence-corrected chi connectivity index (χ3v) is 4.15. The number of nitrogens with one attached hydrogen (secondary N) is 1. The van der Waals surface area contributed by atoms with Crippen molar-refractivity contribution in [1.82, 2.24) is 0 Å². The number of hydrogen-bond acceptors (Lipinski definition) is 6. The molecule has 0 aromatic heterocycles.